The first-order chi connectivity index (χ1) is 16.5. The van der Waals surface area contributed by atoms with Crippen LogP contribution in [0.1, 0.15) is 28.8 Å². The van der Waals surface area contributed by atoms with Crippen molar-refractivity contribution in [3.63, 3.8) is 0 Å². The smallest absolute Gasteiger partial charge is 0.262 e. The van der Waals surface area contributed by atoms with Crippen LogP contribution in [0.5, 0.6) is 5.88 Å². The van der Waals surface area contributed by atoms with Gasteiger partial charge in [0.05, 0.1) is 11.3 Å². The molecule has 0 saturated carbocycles. The Morgan fingerprint density at radius 2 is 2.00 bits per heavy atom. The Morgan fingerprint density at radius 1 is 1.15 bits per heavy atom. The molecular formula is C25H24FN5O3. The second-order valence-electron chi connectivity index (χ2n) is 8.50. The topological polar surface area (TPSA) is 96.5 Å². The second kappa shape index (κ2) is 9.56. The van der Waals surface area contributed by atoms with E-state index in [0.717, 1.165) is 31.5 Å². The van der Waals surface area contributed by atoms with Gasteiger partial charge in [0.2, 0.25) is 5.88 Å². The molecule has 0 radical (unpaired) electrons. The number of hydrogen-bond acceptors (Lipinski definition) is 6. The van der Waals surface area contributed by atoms with Gasteiger partial charge in [-0.1, -0.05) is 12.1 Å². The quantitative estimate of drug-likeness (QED) is 0.607. The van der Waals surface area contributed by atoms with Gasteiger partial charge in [-0.05, 0) is 48.7 Å². The Bertz CT molecular complexity index is 1210. The lowest BCUT2D eigenvalue weighted by molar-refractivity contribution is -0.118. The summed E-state index contributed by atoms with van der Waals surface area (Å²) in [4.78, 5) is 35.1. The number of amides is 2. The Hall–Kier alpha value is -3.85. The molecule has 174 valence electrons. The minimum Gasteiger partial charge on any atom is -0.466 e. The third kappa shape index (κ3) is 5.04. The van der Waals surface area contributed by atoms with E-state index in [9.17, 15) is 14.0 Å². The normalized spacial score (nSPS) is 16.3. The van der Waals surface area contributed by atoms with Crippen LogP contribution in [0, 0.1) is 5.82 Å². The number of rotatable bonds is 5. The number of carbonyl (C=O) groups is 2. The van der Waals surface area contributed by atoms with Crippen molar-refractivity contribution in [1.29, 1.82) is 0 Å². The highest BCUT2D eigenvalue weighted by Gasteiger charge is 2.23. The fourth-order valence-electron chi connectivity index (χ4n) is 4.22. The fraction of sp³-hybridized carbons (Fsp3) is 0.280. The van der Waals surface area contributed by atoms with Crippen molar-refractivity contribution in [3.05, 3.63) is 71.8 Å². The van der Waals surface area contributed by atoms with Crippen LogP contribution in [0.4, 0.5) is 10.1 Å². The summed E-state index contributed by atoms with van der Waals surface area (Å²) in [5.41, 5.74) is 3.37. The maximum absolute atomic E-state index is 13.4. The molecule has 0 unspecified atom stereocenters. The van der Waals surface area contributed by atoms with E-state index in [1.807, 2.05) is 6.07 Å². The van der Waals surface area contributed by atoms with Crippen molar-refractivity contribution in [2.45, 2.75) is 25.4 Å². The average molecular weight is 461 g/mol. The molecule has 2 amide bonds. The number of aromatic nitrogens is 2. The zero-order chi connectivity index (χ0) is 23.5. The highest BCUT2D eigenvalue weighted by atomic mass is 19.1. The summed E-state index contributed by atoms with van der Waals surface area (Å²) in [5.74, 6) is -0.215. The molecule has 5 rings (SSSR count). The summed E-state index contributed by atoms with van der Waals surface area (Å²) in [5, 5.41) is 5.87. The van der Waals surface area contributed by atoms with Crippen LogP contribution in [-0.4, -0.2) is 52.4 Å². The zero-order valence-electron chi connectivity index (χ0n) is 18.5. The number of pyridine rings is 2. The molecule has 2 aliphatic rings. The number of fused-ring (bicyclic) bond motifs is 1. The number of halogens is 1. The third-order valence-electron chi connectivity index (χ3n) is 6.00. The monoisotopic (exact) mass is 461 g/mol. The number of likely N-dealkylation sites (tertiary alicyclic amines) is 1. The van der Waals surface area contributed by atoms with E-state index in [1.54, 1.807) is 30.5 Å². The van der Waals surface area contributed by atoms with Crippen LogP contribution in [-0.2, 0) is 11.3 Å². The molecule has 9 heteroatoms. The number of nitrogens with zero attached hydrogens (tertiary/aromatic N) is 3. The van der Waals surface area contributed by atoms with E-state index in [2.05, 4.69) is 25.5 Å². The number of benzene rings is 1. The van der Waals surface area contributed by atoms with Crippen LogP contribution in [0.2, 0.25) is 0 Å². The first kappa shape index (κ1) is 22.0. The van der Waals surface area contributed by atoms with Crippen LogP contribution in [0.25, 0.3) is 11.3 Å². The predicted octanol–water partition coefficient (Wildman–Crippen LogP) is 3.01. The molecule has 2 aliphatic heterocycles. The SMILES string of the molecule is O=C1COc2ncc(CN3CCC(NC(=O)c4ccc(-c5cccc(F)c5)nc4)CC3)cc2N1. The van der Waals surface area contributed by atoms with Crippen molar-refractivity contribution >= 4 is 17.5 Å². The maximum atomic E-state index is 13.4. The minimum atomic E-state index is -0.323. The molecule has 8 nitrogen and oxygen atoms in total. The lowest BCUT2D eigenvalue weighted by atomic mass is 10.0. The van der Waals surface area contributed by atoms with Crippen molar-refractivity contribution in [2.24, 2.45) is 0 Å². The van der Waals surface area contributed by atoms with E-state index in [4.69, 9.17) is 4.74 Å². The molecule has 1 aromatic carbocycles. The molecule has 3 aromatic rings. The summed E-state index contributed by atoms with van der Waals surface area (Å²) in [6, 6.07) is 11.6. The van der Waals surface area contributed by atoms with Crippen LogP contribution in [0.15, 0.2) is 54.9 Å². The van der Waals surface area contributed by atoms with E-state index < -0.39 is 0 Å². The van der Waals surface area contributed by atoms with Gasteiger partial charge >= 0.3 is 0 Å². The molecule has 0 atom stereocenters. The first-order valence-corrected chi connectivity index (χ1v) is 11.2. The molecule has 0 bridgehead atoms. The fourth-order valence-corrected chi connectivity index (χ4v) is 4.22. The van der Waals surface area contributed by atoms with Crippen molar-refractivity contribution < 1.29 is 18.7 Å². The maximum Gasteiger partial charge on any atom is 0.262 e. The Labute approximate surface area is 196 Å². The highest BCUT2D eigenvalue weighted by Crippen LogP contribution is 2.26. The number of nitrogens with one attached hydrogen (secondary N) is 2. The second-order valence-corrected chi connectivity index (χ2v) is 8.50. The highest BCUT2D eigenvalue weighted by molar-refractivity contribution is 5.95. The summed E-state index contributed by atoms with van der Waals surface area (Å²) in [7, 11) is 0. The molecule has 2 aromatic heterocycles. The molecule has 0 aliphatic carbocycles. The Morgan fingerprint density at radius 3 is 2.76 bits per heavy atom. The van der Waals surface area contributed by atoms with Crippen LogP contribution < -0.4 is 15.4 Å². The Kier molecular flexibility index (Phi) is 6.18. The number of hydrogen-bond donors (Lipinski definition) is 2. The number of carbonyl (C=O) groups excluding carboxylic acids is 2. The molecule has 4 heterocycles. The summed E-state index contributed by atoms with van der Waals surface area (Å²) in [6.07, 6.45) is 4.96. The predicted molar refractivity (Wildman–Crippen MR) is 124 cm³/mol. The van der Waals surface area contributed by atoms with Crippen molar-refractivity contribution in [1.82, 2.24) is 20.2 Å². The van der Waals surface area contributed by atoms with Gasteiger partial charge in [0, 0.05) is 43.6 Å². The standard InChI is InChI=1S/C25H24FN5O3/c26-19-3-1-2-17(11-19)21-5-4-18(13-27-21)24(33)29-20-6-8-31(9-7-20)14-16-10-22-25(28-12-16)34-15-23(32)30-22/h1-5,10-13,20H,6-9,14-15H2,(H,29,33)(H,30,32). The van der Waals surface area contributed by atoms with E-state index in [1.165, 1.54) is 18.3 Å². The van der Waals surface area contributed by atoms with Gasteiger partial charge in [0.25, 0.3) is 11.8 Å². The molecule has 0 spiro atoms. The van der Waals surface area contributed by atoms with Gasteiger partial charge in [-0.3, -0.25) is 19.5 Å². The number of ether oxygens (including phenoxy) is 1. The van der Waals surface area contributed by atoms with Gasteiger partial charge in [0.15, 0.2) is 6.61 Å². The van der Waals surface area contributed by atoms with Gasteiger partial charge < -0.3 is 15.4 Å². The molecule has 1 fully saturated rings. The minimum absolute atomic E-state index is 0.00814. The average Bonchev–Trinajstić information content (AvgIpc) is 2.85. The summed E-state index contributed by atoms with van der Waals surface area (Å²) < 4.78 is 18.7. The van der Waals surface area contributed by atoms with E-state index in [-0.39, 0.29) is 30.3 Å². The molecule has 2 N–H and O–H groups in total. The molecule has 1 saturated heterocycles. The van der Waals surface area contributed by atoms with Gasteiger partial charge in [-0.15, -0.1) is 0 Å². The van der Waals surface area contributed by atoms with Crippen molar-refractivity contribution in [2.75, 3.05) is 25.0 Å². The largest absolute Gasteiger partial charge is 0.466 e. The van der Waals surface area contributed by atoms with Crippen LogP contribution >= 0.6 is 0 Å². The first-order valence-electron chi connectivity index (χ1n) is 11.2. The van der Waals surface area contributed by atoms with Gasteiger partial charge in [-0.2, -0.15) is 0 Å². The molecule has 34 heavy (non-hydrogen) atoms. The lowest BCUT2D eigenvalue weighted by Crippen LogP contribution is -2.44. The third-order valence-corrected chi connectivity index (χ3v) is 6.00. The van der Waals surface area contributed by atoms with Crippen LogP contribution in [0.3, 0.4) is 0 Å². The summed E-state index contributed by atoms with van der Waals surface area (Å²) >= 11 is 0. The van der Waals surface area contributed by atoms with Gasteiger partial charge in [-0.25, -0.2) is 9.37 Å². The Balaban J connectivity index is 1.12. The summed E-state index contributed by atoms with van der Waals surface area (Å²) in [6.45, 7) is 2.37. The van der Waals surface area contributed by atoms with E-state index >= 15 is 0 Å². The molecular weight excluding hydrogens is 437 g/mol. The van der Waals surface area contributed by atoms with E-state index in [0.29, 0.717) is 34.9 Å². The van der Waals surface area contributed by atoms with Gasteiger partial charge in [0.1, 0.15) is 11.5 Å². The lowest BCUT2D eigenvalue weighted by Gasteiger charge is -2.32. The van der Waals surface area contributed by atoms with Crippen molar-refractivity contribution in [3.8, 4) is 17.1 Å². The zero-order valence-corrected chi connectivity index (χ0v) is 18.5. The number of piperidine rings is 1. The number of anilines is 1.